The topological polar surface area (TPSA) is 85.8 Å². The predicted molar refractivity (Wildman–Crippen MR) is 126 cm³/mol. The molecule has 1 aromatic heterocycles. The Morgan fingerprint density at radius 1 is 1.03 bits per heavy atom. The van der Waals surface area contributed by atoms with Gasteiger partial charge in [0.2, 0.25) is 10.0 Å². The van der Waals surface area contributed by atoms with Gasteiger partial charge in [0.1, 0.15) is 5.82 Å². The molecule has 0 aliphatic carbocycles. The number of carbonyl (C=O) groups is 1. The molecule has 32 heavy (non-hydrogen) atoms. The third kappa shape index (κ3) is 3.79. The third-order valence-electron chi connectivity index (χ3n) is 7.03. The number of sulfonamides is 1. The lowest BCUT2D eigenvalue weighted by Crippen LogP contribution is -2.48. The minimum Gasteiger partial charge on any atom is -0.357 e. The summed E-state index contributed by atoms with van der Waals surface area (Å²) in [6, 6.07) is 11.5. The summed E-state index contributed by atoms with van der Waals surface area (Å²) in [7, 11) is -3.34. The number of hydrogen-bond donors (Lipinski definition) is 1. The summed E-state index contributed by atoms with van der Waals surface area (Å²) < 4.78 is 26.2. The van der Waals surface area contributed by atoms with Crippen molar-refractivity contribution in [2.24, 2.45) is 0 Å². The van der Waals surface area contributed by atoms with Crippen molar-refractivity contribution in [1.29, 1.82) is 0 Å². The zero-order chi connectivity index (χ0) is 22.3. The van der Waals surface area contributed by atoms with E-state index in [9.17, 15) is 13.2 Å². The number of piperidine rings is 1. The molecular weight excluding hydrogens is 426 g/mol. The third-order valence-corrected chi connectivity index (χ3v) is 8.15. The zero-order valence-electron chi connectivity index (χ0n) is 18.3. The molecule has 170 valence electrons. The summed E-state index contributed by atoms with van der Waals surface area (Å²) in [4.78, 5) is 21.4. The summed E-state index contributed by atoms with van der Waals surface area (Å²) in [5.41, 5.74) is 2.30. The number of pyridine rings is 1. The van der Waals surface area contributed by atoms with E-state index in [0.717, 1.165) is 43.0 Å². The molecule has 2 amide bonds. The Morgan fingerprint density at radius 2 is 1.75 bits per heavy atom. The molecule has 1 aromatic carbocycles. The van der Waals surface area contributed by atoms with Gasteiger partial charge in [0, 0.05) is 38.1 Å². The number of carbonyl (C=O) groups excluding carboxylic acids is 1. The fourth-order valence-electron chi connectivity index (χ4n) is 5.24. The number of fused-ring (bicyclic) bond motifs is 2. The molecule has 9 heteroatoms. The van der Waals surface area contributed by atoms with Gasteiger partial charge in [-0.1, -0.05) is 18.2 Å². The Hall–Kier alpha value is -2.81. The van der Waals surface area contributed by atoms with Crippen molar-refractivity contribution in [3.8, 4) is 0 Å². The summed E-state index contributed by atoms with van der Waals surface area (Å²) in [5.74, 6) is 0.954. The number of rotatable bonds is 3. The van der Waals surface area contributed by atoms with Gasteiger partial charge in [0.05, 0.1) is 23.8 Å². The van der Waals surface area contributed by atoms with E-state index in [1.54, 1.807) is 6.20 Å². The fraction of sp³-hybridized carbons (Fsp3) is 0.478. The maximum Gasteiger partial charge on any atom is 0.321 e. The van der Waals surface area contributed by atoms with Crippen LogP contribution in [-0.2, 0) is 15.4 Å². The Labute approximate surface area is 189 Å². The van der Waals surface area contributed by atoms with Crippen molar-refractivity contribution in [1.82, 2.24) is 9.88 Å². The normalized spacial score (nSPS) is 20.0. The molecule has 0 bridgehead atoms. The van der Waals surface area contributed by atoms with E-state index in [4.69, 9.17) is 0 Å². The van der Waals surface area contributed by atoms with E-state index in [2.05, 4.69) is 15.2 Å². The van der Waals surface area contributed by atoms with Crippen molar-refractivity contribution in [3.63, 3.8) is 0 Å². The van der Waals surface area contributed by atoms with Crippen molar-refractivity contribution in [2.45, 2.75) is 31.1 Å². The minimum absolute atomic E-state index is 0.137. The number of anilines is 3. The summed E-state index contributed by atoms with van der Waals surface area (Å²) in [6.07, 6.45) is 6.83. The van der Waals surface area contributed by atoms with E-state index in [1.807, 2.05) is 41.3 Å². The van der Waals surface area contributed by atoms with Gasteiger partial charge in [-0.15, -0.1) is 0 Å². The first kappa shape index (κ1) is 21.1. The van der Waals surface area contributed by atoms with Crippen LogP contribution in [0.4, 0.5) is 22.0 Å². The summed E-state index contributed by atoms with van der Waals surface area (Å²) in [6.45, 7) is 3.68. The first-order chi connectivity index (χ1) is 15.4. The largest absolute Gasteiger partial charge is 0.357 e. The van der Waals surface area contributed by atoms with Crippen molar-refractivity contribution in [3.05, 3.63) is 48.2 Å². The van der Waals surface area contributed by atoms with Crippen LogP contribution in [0.5, 0.6) is 0 Å². The number of para-hydroxylation sites is 1. The molecule has 2 saturated heterocycles. The highest BCUT2D eigenvalue weighted by atomic mass is 32.2. The number of benzene rings is 1. The highest BCUT2D eigenvalue weighted by molar-refractivity contribution is 7.92. The average Bonchev–Trinajstić information content (AvgIpc) is 3.42. The van der Waals surface area contributed by atoms with Crippen LogP contribution in [0.15, 0.2) is 42.6 Å². The van der Waals surface area contributed by atoms with E-state index in [0.29, 0.717) is 25.3 Å². The van der Waals surface area contributed by atoms with Gasteiger partial charge in [0.15, 0.2) is 0 Å². The van der Waals surface area contributed by atoms with Crippen molar-refractivity contribution >= 4 is 33.2 Å². The highest BCUT2D eigenvalue weighted by Gasteiger charge is 2.47. The first-order valence-corrected chi connectivity index (χ1v) is 13.0. The maximum atomic E-state index is 12.9. The zero-order valence-corrected chi connectivity index (χ0v) is 19.1. The van der Waals surface area contributed by atoms with Crippen LogP contribution in [0.2, 0.25) is 0 Å². The van der Waals surface area contributed by atoms with Crippen molar-refractivity contribution < 1.29 is 13.2 Å². The van der Waals surface area contributed by atoms with Crippen LogP contribution in [0.3, 0.4) is 0 Å². The van der Waals surface area contributed by atoms with Crippen molar-refractivity contribution in [2.75, 3.05) is 53.5 Å². The van der Waals surface area contributed by atoms with Gasteiger partial charge in [-0.2, -0.15) is 0 Å². The molecule has 3 aliphatic heterocycles. The van der Waals surface area contributed by atoms with Crippen LogP contribution in [0, 0.1) is 0 Å². The van der Waals surface area contributed by atoms with Crippen LogP contribution in [0.25, 0.3) is 0 Å². The van der Waals surface area contributed by atoms with Gasteiger partial charge < -0.3 is 15.1 Å². The maximum absolute atomic E-state index is 12.9. The number of nitrogens with one attached hydrogen (secondary N) is 1. The van der Waals surface area contributed by atoms with E-state index in [-0.39, 0.29) is 11.4 Å². The second kappa shape index (κ2) is 7.95. The lowest BCUT2D eigenvalue weighted by molar-refractivity contribution is 0.173. The van der Waals surface area contributed by atoms with E-state index < -0.39 is 10.0 Å². The molecule has 2 fully saturated rings. The molecule has 0 radical (unpaired) electrons. The molecule has 0 atom stereocenters. The molecule has 8 nitrogen and oxygen atoms in total. The van der Waals surface area contributed by atoms with Crippen LogP contribution in [0.1, 0.15) is 31.2 Å². The first-order valence-electron chi connectivity index (χ1n) is 11.2. The standard InChI is InChI=1S/C23H29N5O3S/c1-32(30,31)28-17-23(19-6-2-3-7-20(19)28)10-14-27(15-11-23)22(29)25-18-8-9-21(24-16-18)26-12-4-5-13-26/h2-3,6-9,16H,4-5,10-15,17H2,1H3,(H,25,29). The number of aromatic nitrogens is 1. The SMILES string of the molecule is CS(=O)(=O)N1CC2(CCN(C(=O)Nc3ccc(N4CCCC4)nc3)CC2)c2ccccc21. The highest BCUT2D eigenvalue weighted by Crippen LogP contribution is 2.47. The van der Waals surface area contributed by atoms with Gasteiger partial charge in [-0.05, 0) is 49.4 Å². The van der Waals surface area contributed by atoms with Gasteiger partial charge in [0.25, 0.3) is 0 Å². The quantitative estimate of drug-likeness (QED) is 0.769. The van der Waals surface area contributed by atoms with Gasteiger partial charge >= 0.3 is 6.03 Å². The van der Waals surface area contributed by atoms with E-state index in [1.165, 1.54) is 23.4 Å². The fourth-order valence-corrected chi connectivity index (χ4v) is 6.24. The van der Waals surface area contributed by atoms with Crippen LogP contribution in [-0.4, -0.2) is 63.3 Å². The molecule has 4 heterocycles. The second-order valence-electron chi connectivity index (χ2n) is 9.08. The molecule has 3 aliphatic rings. The van der Waals surface area contributed by atoms with Gasteiger partial charge in [-0.25, -0.2) is 18.2 Å². The monoisotopic (exact) mass is 455 g/mol. The van der Waals surface area contributed by atoms with E-state index >= 15 is 0 Å². The minimum atomic E-state index is -3.34. The van der Waals surface area contributed by atoms with Gasteiger partial charge in [-0.3, -0.25) is 4.31 Å². The molecule has 0 saturated carbocycles. The molecule has 0 unspecified atom stereocenters. The molecular formula is C23H29N5O3S. The van der Waals surface area contributed by atoms with Crippen LogP contribution >= 0.6 is 0 Å². The lowest BCUT2D eigenvalue weighted by atomic mass is 9.74. The number of urea groups is 1. The predicted octanol–water partition coefficient (Wildman–Crippen LogP) is 3.03. The number of likely N-dealkylation sites (tertiary alicyclic amines) is 1. The van der Waals surface area contributed by atoms with Crippen LogP contribution < -0.4 is 14.5 Å². The molecule has 1 N–H and O–H groups in total. The lowest BCUT2D eigenvalue weighted by Gasteiger charge is -2.39. The number of amides is 2. The molecule has 1 spiro atoms. The molecule has 5 rings (SSSR count). The Bertz CT molecular complexity index is 1100. The number of hydrogen-bond acceptors (Lipinski definition) is 5. The summed E-state index contributed by atoms with van der Waals surface area (Å²) in [5, 5.41) is 2.96. The molecule has 2 aromatic rings. The number of nitrogens with zero attached hydrogens (tertiary/aromatic N) is 4. The average molecular weight is 456 g/mol. The Balaban J connectivity index is 1.24. The Kier molecular flexibility index (Phi) is 5.23. The summed E-state index contributed by atoms with van der Waals surface area (Å²) >= 11 is 0. The smallest absolute Gasteiger partial charge is 0.321 e. The second-order valence-corrected chi connectivity index (χ2v) is 11.0. The Morgan fingerprint density at radius 3 is 2.41 bits per heavy atom.